The summed E-state index contributed by atoms with van der Waals surface area (Å²) in [5.74, 6) is 1.27. The SMILES string of the molecule is CC(=O)Nc1ccc(C(=O)COC(=O)CC2CC3CCC2C3)cc1. The van der Waals surface area contributed by atoms with Gasteiger partial charge in [-0.25, -0.2) is 0 Å². The third-order valence-electron chi connectivity index (χ3n) is 5.20. The van der Waals surface area contributed by atoms with Crippen LogP contribution in [0.2, 0.25) is 0 Å². The predicted molar refractivity (Wildman–Crippen MR) is 89.6 cm³/mol. The molecular formula is C19H23NO4. The van der Waals surface area contributed by atoms with Gasteiger partial charge < -0.3 is 10.1 Å². The number of esters is 1. The molecule has 3 rings (SSSR count). The van der Waals surface area contributed by atoms with E-state index in [-0.39, 0.29) is 24.3 Å². The summed E-state index contributed by atoms with van der Waals surface area (Å²) in [5, 5.41) is 2.64. The summed E-state index contributed by atoms with van der Waals surface area (Å²) in [5.41, 5.74) is 1.10. The number of anilines is 1. The molecule has 3 unspecified atom stereocenters. The van der Waals surface area contributed by atoms with Gasteiger partial charge >= 0.3 is 5.97 Å². The zero-order chi connectivity index (χ0) is 17.1. The lowest BCUT2D eigenvalue weighted by atomic mass is 9.86. The van der Waals surface area contributed by atoms with Crippen LogP contribution in [0.15, 0.2) is 24.3 Å². The number of carbonyl (C=O) groups is 3. The average molecular weight is 329 g/mol. The van der Waals surface area contributed by atoms with E-state index >= 15 is 0 Å². The van der Waals surface area contributed by atoms with Crippen molar-refractivity contribution in [1.82, 2.24) is 0 Å². The molecule has 2 saturated carbocycles. The first-order chi connectivity index (χ1) is 11.5. The summed E-state index contributed by atoms with van der Waals surface area (Å²) in [6, 6.07) is 6.56. The van der Waals surface area contributed by atoms with Crippen LogP contribution in [0, 0.1) is 17.8 Å². The van der Waals surface area contributed by atoms with E-state index in [0.29, 0.717) is 29.5 Å². The number of hydrogen-bond acceptors (Lipinski definition) is 4. The van der Waals surface area contributed by atoms with Crippen molar-refractivity contribution in [2.45, 2.75) is 39.0 Å². The number of Topliss-reactive ketones (excluding diaryl/α,β-unsaturated/α-hetero) is 1. The molecule has 3 atom stereocenters. The molecule has 2 bridgehead atoms. The van der Waals surface area contributed by atoms with Gasteiger partial charge in [0.05, 0.1) is 0 Å². The van der Waals surface area contributed by atoms with E-state index in [4.69, 9.17) is 4.74 Å². The minimum Gasteiger partial charge on any atom is -0.457 e. The van der Waals surface area contributed by atoms with Gasteiger partial charge in [-0.05, 0) is 61.3 Å². The molecule has 0 radical (unpaired) electrons. The van der Waals surface area contributed by atoms with Crippen LogP contribution in [0.3, 0.4) is 0 Å². The smallest absolute Gasteiger partial charge is 0.306 e. The Morgan fingerprint density at radius 1 is 1.12 bits per heavy atom. The molecule has 24 heavy (non-hydrogen) atoms. The number of fused-ring (bicyclic) bond motifs is 2. The van der Waals surface area contributed by atoms with Crippen molar-refractivity contribution >= 4 is 23.3 Å². The van der Waals surface area contributed by atoms with Crippen molar-refractivity contribution < 1.29 is 19.1 Å². The minimum absolute atomic E-state index is 0.163. The Labute approximate surface area is 141 Å². The number of nitrogens with one attached hydrogen (secondary N) is 1. The zero-order valence-electron chi connectivity index (χ0n) is 13.9. The average Bonchev–Trinajstić information content (AvgIpc) is 3.15. The van der Waals surface area contributed by atoms with E-state index in [2.05, 4.69) is 5.32 Å². The summed E-state index contributed by atoms with van der Waals surface area (Å²) in [6.45, 7) is 1.20. The molecule has 0 aliphatic heterocycles. The maximum atomic E-state index is 12.1. The van der Waals surface area contributed by atoms with Gasteiger partial charge in [0.1, 0.15) is 0 Å². The lowest BCUT2D eigenvalue weighted by Crippen LogP contribution is -2.19. The van der Waals surface area contributed by atoms with E-state index < -0.39 is 0 Å². The molecule has 2 fully saturated rings. The van der Waals surface area contributed by atoms with Crippen LogP contribution in [0.5, 0.6) is 0 Å². The molecule has 0 spiro atoms. The third-order valence-corrected chi connectivity index (χ3v) is 5.20. The molecule has 1 amide bonds. The number of benzene rings is 1. The highest BCUT2D eigenvalue weighted by Gasteiger charge is 2.40. The predicted octanol–water partition coefficient (Wildman–Crippen LogP) is 3.20. The maximum Gasteiger partial charge on any atom is 0.306 e. The van der Waals surface area contributed by atoms with Crippen LogP contribution < -0.4 is 5.32 Å². The highest BCUT2D eigenvalue weighted by atomic mass is 16.5. The highest BCUT2D eigenvalue weighted by molar-refractivity contribution is 5.98. The van der Waals surface area contributed by atoms with E-state index in [9.17, 15) is 14.4 Å². The number of ether oxygens (including phenoxy) is 1. The Kier molecular flexibility index (Phi) is 4.97. The lowest BCUT2D eigenvalue weighted by Gasteiger charge is -2.20. The van der Waals surface area contributed by atoms with Gasteiger partial charge in [0.15, 0.2) is 12.4 Å². The van der Waals surface area contributed by atoms with E-state index in [1.807, 2.05) is 0 Å². The van der Waals surface area contributed by atoms with Crippen LogP contribution in [0.1, 0.15) is 49.4 Å². The number of rotatable bonds is 6. The van der Waals surface area contributed by atoms with Crippen LogP contribution in [-0.4, -0.2) is 24.3 Å². The first kappa shape index (κ1) is 16.7. The standard InChI is InChI=1S/C19H23NO4/c1-12(21)20-17-6-4-14(5-7-17)18(22)11-24-19(23)10-16-9-13-2-3-15(16)8-13/h4-7,13,15-16H,2-3,8-11H2,1H3,(H,20,21). The van der Waals surface area contributed by atoms with Crippen molar-refractivity contribution in [2.24, 2.45) is 17.8 Å². The number of hydrogen-bond donors (Lipinski definition) is 1. The Morgan fingerprint density at radius 3 is 2.46 bits per heavy atom. The fourth-order valence-electron chi connectivity index (χ4n) is 4.07. The molecule has 0 heterocycles. The molecule has 1 N–H and O–H groups in total. The Bertz CT molecular complexity index is 637. The first-order valence-electron chi connectivity index (χ1n) is 8.57. The summed E-state index contributed by atoms with van der Waals surface area (Å²) >= 11 is 0. The van der Waals surface area contributed by atoms with Crippen LogP contribution in [0.25, 0.3) is 0 Å². The molecule has 5 heteroatoms. The van der Waals surface area contributed by atoms with E-state index in [1.54, 1.807) is 24.3 Å². The lowest BCUT2D eigenvalue weighted by molar-refractivity contribution is -0.144. The maximum absolute atomic E-state index is 12.1. The summed E-state index contributed by atoms with van der Waals surface area (Å²) in [7, 11) is 0. The summed E-state index contributed by atoms with van der Waals surface area (Å²) in [6.07, 6.45) is 5.39. The van der Waals surface area contributed by atoms with Gasteiger partial charge in [-0.3, -0.25) is 14.4 Å². The Balaban J connectivity index is 1.44. The number of ketones is 1. The minimum atomic E-state index is -0.268. The molecule has 1 aromatic rings. The van der Waals surface area contributed by atoms with Crippen LogP contribution in [0.4, 0.5) is 5.69 Å². The zero-order valence-corrected chi connectivity index (χ0v) is 13.9. The Hall–Kier alpha value is -2.17. The normalized spacial score (nSPS) is 24.6. The second-order valence-corrected chi connectivity index (χ2v) is 6.98. The fourth-order valence-corrected chi connectivity index (χ4v) is 4.07. The second kappa shape index (κ2) is 7.16. The molecule has 128 valence electrons. The number of amides is 1. The summed E-state index contributed by atoms with van der Waals surface area (Å²) < 4.78 is 5.16. The molecule has 2 aliphatic carbocycles. The van der Waals surface area contributed by atoms with Crippen molar-refractivity contribution in [3.63, 3.8) is 0 Å². The van der Waals surface area contributed by atoms with Gasteiger partial charge in [0, 0.05) is 24.6 Å². The topological polar surface area (TPSA) is 72.5 Å². The van der Waals surface area contributed by atoms with Crippen molar-refractivity contribution in [3.05, 3.63) is 29.8 Å². The van der Waals surface area contributed by atoms with Crippen LogP contribution in [-0.2, 0) is 14.3 Å². The van der Waals surface area contributed by atoms with Crippen LogP contribution >= 0.6 is 0 Å². The molecular weight excluding hydrogens is 306 g/mol. The van der Waals surface area contributed by atoms with Gasteiger partial charge in [0.25, 0.3) is 0 Å². The fraction of sp³-hybridized carbons (Fsp3) is 0.526. The third kappa shape index (κ3) is 4.02. The molecule has 0 saturated heterocycles. The molecule has 0 aromatic heterocycles. The van der Waals surface area contributed by atoms with Gasteiger partial charge in [-0.1, -0.05) is 6.42 Å². The second-order valence-electron chi connectivity index (χ2n) is 6.98. The first-order valence-corrected chi connectivity index (χ1v) is 8.57. The van der Waals surface area contributed by atoms with Crippen molar-refractivity contribution in [3.8, 4) is 0 Å². The highest BCUT2D eigenvalue weighted by Crippen LogP contribution is 2.49. The Morgan fingerprint density at radius 2 is 1.88 bits per heavy atom. The van der Waals surface area contributed by atoms with Crippen molar-refractivity contribution in [1.29, 1.82) is 0 Å². The number of carbonyl (C=O) groups excluding carboxylic acids is 3. The van der Waals surface area contributed by atoms with E-state index in [0.717, 1.165) is 12.3 Å². The largest absolute Gasteiger partial charge is 0.457 e. The van der Waals surface area contributed by atoms with Gasteiger partial charge in [-0.2, -0.15) is 0 Å². The monoisotopic (exact) mass is 329 g/mol. The van der Waals surface area contributed by atoms with Gasteiger partial charge in [0.2, 0.25) is 5.91 Å². The van der Waals surface area contributed by atoms with Gasteiger partial charge in [-0.15, -0.1) is 0 Å². The van der Waals surface area contributed by atoms with Crippen molar-refractivity contribution in [2.75, 3.05) is 11.9 Å². The van der Waals surface area contributed by atoms with E-state index in [1.165, 1.54) is 26.2 Å². The molecule has 5 nitrogen and oxygen atoms in total. The summed E-state index contributed by atoms with van der Waals surface area (Å²) in [4.78, 5) is 35.0. The quantitative estimate of drug-likeness (QED) is 0.642. The molecule has 1 aromatic carbocycles. The molecule has 2 aliphatic rings.